The van der Waals surface area contributed by atoms with Gasteiger partial charge in [-0.05, 0) is 19.1 Å². The Hall–Kier alpha value is -1.69. The van der Waals surface area contributed by atoms with E-state index in [0.29, 0.717) is 22.9 Å². The van der Waals surface area contributed by atoms with E-state index in [0.717, 1.165) is 5.69 Å². The fraction of sp³-hybridized carbons (Fsp3) is 0.462. The third kappa shape index (κ3) is 3.89. The van der Waals surface area contributed by atoms with E-state index < -0.39 is 0 Å². The summed E-state index contributed by atoms with van der Waals surface area (Å²) >= 11 is 5.02. The standard InChI is InChI=1S/C13H19N3O2S/c1-8(13(17)18-4)7-16(3)12-10(11(14)19)6-5-9(2)15-12/h5-6,8H,7H2,1-4H3,(H2,14,19). The normalized spacial score (nSPS) is 11.8. The van der Waals surface area contributed by atoms with Crippen LogP contribution in [0.5, 0.6) is 0 Å². The van der Waals surface area contributed by atoms with Crippen LogP contribution in [0.1, 0.15) is 18.2 Å². The zero-order valence-corrected chi connectivity index (χ0v) is 12.5. The van der Waals surface area contributed by atoms with Crippen molar-refractivity contribution in [2.24, 2.45) is 11.7 Å². The lowest BCUT2D eigenvalue weighted by Crippen LogP contribution is -2.31. The summed E-state index contributed by atoms with van der Waals surface area (Å²) in [5, 5.41) is 0. The van der Waals surface area contributed by atoms with Crippen LogP contribution >= 0.6 is 12.2 Å². The molecule has 0 saturated heterocycles. The van der Waals surface area contributed by atoms with Crippen molar-refractivity contribution < 1.29 is 9.53 Å². The molecule has 0 amide bonds. The van der Waals surface area contributed by atoms with Crippen molar-refractivity contribution in [2.75, 3.05) is 25.6 Å². The highest BCUT2D eigenvalue weighted by Gasteiger charge is 2.19. The first kappa shape index (κ1) is 15.4. The number of anilines is 1. The van der Waals surface area contributed by atoms with E-state index >= 15 is 0 Å². The molecular formula is C13H19N3O2S. The summed E-state index contributed by atoms with van der Waals surface area (Å²) in [4.78, 5) is 18.0. The van der Waals surface area contributed by atoms with Crippen molar-refractivity contribution in [1.82, 2.24) is 4.98 Å². The number of esters is 1. The van der Waals surface area contributed by atoms with Gasteiger partial charge in [-0.25, -0.2) is 4.98 Å². The first-order chi connectivity index (χ1) is 8.86. The van der Waals surface area contributed by atoms with E-state index in [1.54, 1.807) is 6.92 Å². The third-order valence-electron chi connectivity index (χ3n) is 2.79. The zero-order valence-electron chi connectivity index (χ0n) is 11.6. The topological polar surface area (TPSA) is 68.5 Å². The number of nitrogens with two attached hydrogens (primary N) is 1. The number of rotatable bonds is 5. The molecule has 0 aliphatic heterocycles. The van der Waals surface area contributed by atoms with Crippen LogP contribution < -0.4 is 10.6 Å². The molecule has 1 aromatic heterocycles. The van der Waals surface area contributed by atoms with Gasteiger partial charge in [0.1, 0.15) is 10.8 Å². The second-order valence-corrected chi connectivity index (χ2v) is 4.93. The minimum Gasteiger partial charge on any atom is -0.469 e. The molecule has 104 valence electrons. The van der Waals surface area contributed by atoms with Gasteiger partial charge in [-0.3, -0.25) is 4.79 Å². The predicted molar refractivity (Wildman–Crippen MR) is 79.3 cm³/mol. The summed E-state index contributed by atoms with van der Waals surface area (Å²) in [5.74, 6) is 0.177. The molecule has 1 unspecified atom stereocenters. The van der Waals surface area contributed by atoms with Crippen molar-refractivity contribution in [3.8, 4) is 0 Å². The molecular weight excluding hydrogens is 262 g/mol. The van der Waals surface area contributed by atoms with Crippen LogP contribution in [0.3, 0.4) is 0 Å². The predicted octanol–water partition coefficient (Wildman–Crippen LogP) is 1.27. The Labute approximate surface area is 118 Å². The van der Waals surface area contributed by atoms with Crippen LogP contribution in [0.15, 0.2) is 12.1 Å². The van der Waals surface area contributed by atoms with Crippen molar-refractivity contribution in [1.29, 1.82) is 0 Å². The Balaban J connectivity index is 2.98. The SMILES string of the molecule is COC(=O)C(C)CN(C)c1nc(C)ccc1C(N)=S. The molecule has 1 atom stereocenters. The molecule has 0 spiro atoms. The van der Waals surface area contributed by atoms with Crippen LogP contribution in [0.25, 0.3) is 0 Å². The van der Waals surface area contributed by atoms with Gasteiger partial charge in [0.2, 0.25) is 0 Å². The van der Waals surface area contributed by atoms with E-state index in [1.165, 1.54) is 7.11 Å². The molecule has 0 bridgehead atoms. The Morgan fingerprint density at radius 3 is 2.74 bits per heavy atom. The fourth-order valence-corrected chi connectivity index (χ4v) is 1.96. The first-order valence-corrected chi connectivity index (χ1v) is 6.34. The van der Waals surface area contributed by atoms with Crippen LogP contribution in [0.4, 0.5) is 5.82 Å². The second-order valence-electron chi connectivity index (χ2n) is 4.49. The van der Waals surface area contributed by atoms with Crippen molar-refractivity contribution in [3.05, 3.63) is 23.4 Å². The van der Waals surface area contributed by atoms with Gasteiger partial charge in [0.25, 0.3) is 0 Å². The highest BCUT2D eigenvalue weighted by atomic mass is 32.1. The number of hydrogen-bond acceptors (Lipinski definition) is 5. The number of nitrogens with zero attached hydrogens (tertiary/aromatic N) is 2. The average Bonchev–Trinajstić information content (AvgIpc) is 2.36. The number of pyridine rings is 1. The number of carbonyl (C=O) groups excluding carboxylic acids is 1. The molecule has 0 fully saturated rings. The van der Waals surface area contributed by atoms with Crippen molar-refractivity contribution in [3.63, 3.8) is 0 Å². The lowest BCUT2D eigenvalue weighted by Gasteiger charge is -2.23. The molecule has 1 heterocycles. The highest BCUT2D eigenvalue weighted by Crippen LogP contribution is 2.18. The first-order valence-electron chi connectivity index (χ1n) is 5.93. The highest BCUT2D eigenvalue weighted by molar-refractivity contribution is 7.80. The summed E-state index contributed by atoms with van der Waals surface area (Å²) in [6, 6.07) is 3.70. The number of thiocarbonyl (C=S) groups is 1. The molecule has 5 nitrogen and oxygen atoms in total. The average molecular weight is 281 g/mol. The molecule has 0 saturated carbocycles. The molecule has 6 heteroatoms. The number of aryl methyl sites for hydroxylation is 1. The summed E-state index contributed by atoms with van der Waals surface area (Å²) in [6.07, 6.45) is 0. The molecule has 0 aromatic carbocycles. The molecule has 19 heavy (non-hydrogen) atoms. The van der Waals surface area contributed by atoms with Gasteiger partial charge in [-0.1, -0.05) is 19.1 Å². The van der Waals surface area contributed by atoms with Crippen molar-refractivity contribution >= 4 is 29.0 Å². The summed E-state index contributed by atoms with van der Waals surface area (Å²) < 4.78 is 4.71. The van der Waals surface area contributed by atoms with Crippen LogP contribution in [-0.4, -0.2) is 36.6 Å². The maximum atomic E-state index is 11.4. The zero-order chi connectivity index (χ0) is 14.6. The van der Waals surface area contributed by atoms with Crippen LogP contribution in [0, 0.1) is 12.8 Å². The largest absolute Gasteiger partial charge is 0.469 e. The second kappa shape index (κ2) is 6.47. The van der Waals surface area contributed by atoms with Gasteiger partial charge in [-0.2, -0.15) is 0 Å². The number of aromatic nitrogens is 1. The van der Waals surface area contributed by atoms with Crippen LogP contribution in [0.2, 0.25) is 0 Å². The minimum absolute atomic E-state index is 0.253. The Morgan fingerprint density at radius 1 is 1.58 bits per heavy atom. The van der Waals surface area contributed by atoms with E-state index in [4.69, 9.17) is 22.7 Å². The lowest BCUT2D eigenvalue weighted by atomic mass is 10.1. The van der Waals surface area contributed by atoms with Gasteiger partial charge < -0.3 is 15.4 Å². The molecule has 0 radical (unpaired) electrons. The maximum absolute atomic E-state index is 11.4. The summed E-state index contributed by atoms with van der Waals surface area (Å²) in [5.41, 5.74) is 7.27. The Morgan fingerprint density at radius 2 is 2.21 bits per heavy atom. The molecule has 1 aromatic rings. The number of hydrogen-bond donors (Lipinski definition) is 1. The van der Waals surface area contributed by atoms with Crippen LogP contribution in [-0.2, 0) is 9.53 Å². The number of ether oxygens (including phenoxy) is 1. The van der Waals surface area contributed by atoms with Gasteiger partial charge in [0.15, 0.2) is 0 Å². The fourth-order valence-electron chi connectivity index (χ4n) is 1.80. The Bertz CT molecular complexity index is 491. The molecule has 2 N–H and O–H groups in total. The van der Waals surface area contributed by atoms with Crippen molar-refractivity contribution in [2.45, 2.75) is 13.8 Å². The monoisotopic (exact) mass is 281 g/mol. The molecule has 1 rings (SSSR count). The lowest BCUT2D eigenvalue weighted by molar-refractivity contribution is -0.144. The smallest absolute Gasteiger partial charge is 0.310 e. The Kier molecular flexibility index (Phi) is 5.23. The van der Waals surface area contributed by atoms with Gasteiger partial charge in [-0.15, -0.1) is 0 Å². The summed E-state index contributed by atoms with van der Waals surface area (Å²) in [6.45, 7) is 4.18. The molecule has 0 aliphatic rings. The third-order valence-corrected chi connectivity index (χ3v) is 3.01. The summed E-state index contributed by atoms with van der Waals surface area (Å²) in [7, 11) is 3.23. The van der Waals surface area contributed by atoms with Gasteiger partial charge in [0.05, 0.1) is 18.6 Å². The van der Waals surface area contributed by atoms with E-state index in [9.17, 15) is 4.79 Å². The maximum Gasteiger partial charge on any atom is 0.310 e. The quantitative estimate of drug-likeness (QED) is 0.647. The van der Waals surface area contributed by atoms with E-state index in [2.05, 4.69) is 4.98 Å². The van der Waals surface area contributed by atoms with Gasteiger partial charge >= 0.3 is 5.97 Å². The van der Waals surface area contributed by atoms with E-state index in [1.807, 2.05) is 31.0 Å². The number of methoxy groups -OCH3 is 1. The van der Waals surface area contributed by atoms with E-state index in [-0.39, 0.29) is 11.9 Å². The minimum atomic E-state index is -0.253. The van der Waals surface area contributed by atoms with Gasteiger partial charge in [0, 0.05) is 19.3 Å². The molecule has 0 aliphatic carbocycles. The number of carbonyl (C=O) groups is 1.